The van der Waals surface area contributed by atoms with Gasteiger partial charge in [-0.1, -0.05) is 12.1 Å². The van der Waals surface area contributed by atoms with E-state index in [1.807, 2.05) is 32.0 Å². The SMILES string of the molecule is Cc1ccc(C)c(NC(=O)COC(=O)C2CCN(C(=O)c3ccc(F)cc3)CC2)c1. The topological polar surface area (TPSA) is 75.7 Å². The first-order chi connectivity index (χ1) is 14.3. The summed E-state index contributed by atoms with van der Waals surface area (Å²) in [6.07, 6.45) is 0.925. The molecule has 1 saturated heterocycles. The van der Waals surface area contributed by atoms with Gasteiger partial charge in [-0.15, -0.1) is 0 Å². The van der Waals surface area contributed by atoms with Crippen molar-refractivity contribution in [3.63, 3.8) is 0 Å². The van der Waals surface area contributed by atoms with Crippen molar-refractivity contribution in [3.8, 4) is 0 Å². The number of benzene rings is 2. The van der Waals surface area contributed by atoms with Crippen molar-refractivity contribution in [2.45, 2.75) is 26.7 Å². The summed E-state index contributed by atoms with van der Waals surface area (Å²) in [6, 6.07) is 11.1. The number of hydrogen-bond acceptors (Lipinski definition) is 4. The summed E-state index contributed by atoms with van der Waals surface area (Å²) >= 11 is 0. The number of carbonyl (C=O) groups is 3. The fourth-order valence-electron chi connectivity index (χ4n) is 3.40. The number of ether oxygens (including phenoxy) is 1. The molecule has 2 aromatic rings. The molecule has 30 heavy (non-hydrogen) atoms. The summed E-state index contributed by atoms with van der Waals surface area (Å²) in [7, 11) is 0. The van der Waals surface area contributed by atoms with E-state index in [0.717, 1.165) is 11.1 Å². The van der Waals surface area contributed by atoms with Crippen LogP contribution < -0.4 is 5.32 Å². The third-order valence-corrected chi connectivity index (χ3v) is 5.22. The van der Waals surface area contributed by atoms with E-state index in [2.05, 4.69) is 5.32 Å². The van der Waals surface area contributed by atoms with Crippen LogP contribution >= 0.6 is 0 Å². The molecule has 1 fully saturated rings. The normalized spacial score (nSPS) is 14.3. The number of piperidine rings is 1. The second-order valence-corrected chi connectivity index (χ2v) is 7.55. The highest BCUT2D eigenvalue weighted by Crippen LogP contribution is 2.21. The van der Waals surface area contributed by atoms with Crippen LogP contribution in [0.5, 0.6) is 0 Å². The smallest absolute Gasteiger partial charge is 0.309 e. The molecule has 3 rings (SSSR count). The maximum absolute atomic E-state index is 13.0. The summed E-state index contributed by atoms with van der Waals surface area (Å²) < 4.78 is 18.2. The molecule has 0 aromatic heterocycles. The molecular formula is C23H25FN2O4. The van der Waals surface area contributed by atoms with Crippen molar-refractivity contribution in [3.05, 3.63) is 65.0 Å². The first-order valence-corrected chi connectivity index (χ1v) is 9.92. The molecule has 0 bridgehead atoms. The zero-order chi connectivity index (χ0) is 21.7. The van der Waals surface area contributed by atoms with Gasteiger partial charge in [-0.25, -0.2) is 4.39 Å². The van der Waals surface area contributed by atoms with Crippen LogP contribution in [-0.2, 0) is 14.3 Å². The number of anilines is 1. The van der Waals surface area contributed by atoms with Crippen molar-refractivity contribution >= 4 is 23.5 Å². The fraction of sp³-hybridized carbons (Fsp3) is 0.348. The number of esters is 1. The zero-order valence-corrected chi connectivity index (χ0v) is 17.1. The molecule has 0 atom stereocenters. The Balaban J connectivity index is 1.45. The maximum atomic E-state index is 13.0. The minimum absolute atomic E-state index is 0.185. The van der Waals surface area contributed by atoms with E-state index in [1.54, 1.807) is 4.90 Å². The van der Waals surface area contributed by atoms with Gasteiger partial charge in [0, 0.05) is 24.3 Å². The first kappa shape index (κ1) is 21.5. The average Bonchev–Trinajstić information content (AvgIpc) is 2.75. The van der Waals surface area contributed by atoms with Gasteiger partial charge < -0.3 is 15.0 Å². The van der Waals surface area contributed by atoms with Gasteiger partial charge in [-0.05, 0) is 68.1 Å². The number of hydrogen-bond donors (Lipinski definition) is 1. The molecule has 7 heteroatoms. The monoisotopic (exact) mass is 412 g/mol. The quantitative estimate of drug-likeness (QED) is 0.763. The maximum Gasteiger partial charge on any atom is 0.309 e. The number of amides is 2. The third-order valence-electron chi connectivity index (χ3n) is 5.22. The van der Waals surface area contributed by atoms with Crippen LogP contribution in [0.25, 0.3) is 0 Å². The van der Waals surface area contributed by atoms with Crippen molar-refractivity contribution in [2.75, 3.05) is 25.0 Å². The Hall–Kier alpha value is -3.22. The molecule has 0 radical (unpaired) electrons. The van der Waals surface area contributed by atoms with Gasteiger partial charge in [0.15, 0.2) is 6.61 Å². The average molecular weight is 412 g/mol. The van der Waals surface area contributed by atoms with Gasteiger partial charge in [0.05, 0.1) is 5.92 Å². The van der Waals surface area contributed by atoms with E-state index >= 15 is 0 Å². The highest BCUT2D eigenvalue weighted by Gasteiger charge is 2.29. The molecule has 1 N–H and O–H groups in total. The highest BCUT2D eigenvalue weighted by molar-refractivity contribution is 5.95. The minimum atomic E-state index is -0.431. The lowest BCUT2D eigenvalue weighted by Gasteiger charge is -2.31. The Morgan fingerprint density at radius 1 is 1.07 bits per heavy atom. The largest absolute Gasteiger partial charge is 0.455 e. The van der Waals surface area contributed by atoms with Crippen LogP contribution in [0, 0.1) is 25.6 Å². The molecule has 6 nitrogen and oxygen atoms in total. The van der Waals surface area contributed by atoms with Gasteiger partial charge in [-0.3, -0.25) is 14.4 Å². The van der Waals surface area contributed by atoms with E-state index in [-0.39, 0.29) is 24.3 Å². The number of halogens is 1. The summed E-state index contributed by atoms with van der Waals surface area (Å²) in [5.74, 6) is -1.75. The summed E-state index contributed by atoms with van der Waals surface area (Å²) in [5.41, 5.74) is 3.07. The van der Waals surface area contributed by atoms with Crippen LogP contribution in [0.3, 0.4) is 0 Å². The van der Waals surface area contributed by atoms with Gasteiger partial charge in [-0.2, -0.15) is 0 Å². The van der Waals surface area contributed by atoms with Crippen LogP contribution in [0.4, 0.5) is 10.1 Å². The Labute approximate surface area is 175 Å². The van der Waals surface area contributed by atoms with E-state index in [9.17, 15) is 18.8 Å². The van der Waals surface area contributed by atoms with Gasteiger partial charge >= 0.3 is 5.97 Å². The molecule has 1 aliphatic rings. The number of rotatable bonds is 5. The fourth-order valence-corrected chi connectivity index (χ4v) is 3.40. The second kappa shape index (κ2) is 9.52. The number of carbonyl (C=O) groups excluding carboxylic acids is 3. The van der Waals surface area contributed by atoms with E-state index in [0.29, 0.717) is 37.2 Å². The molecule has 0 saturated carbocycles. The molecular weight excluding hydrogens is 387 g/mol. The Kier molecular flexibility index (Phi) is 6.82. The van der Waals surface area contributed by atoms with Crippen molar-refractivity contribution in [2.24, 2.45) is 5.92 Å². The lowest BCUT2D eigenvalue weighted by Crippen LogP contribution is -2.41. The Morgan fingerprint density at radius 2 is 1.73 bits per heavy atom. The lowest BCUT2D eigenvalue weighted by atomic mass is 9.96. The lowest BCUT2D eigenvalue weighted by molar-refractivity contribution is -0.152. The summed E-state index contributed by atoms with van der Waals surface area (Å²) in [6.45, 7) is 4.29. The highest BCUT2D eigenvalue weighted by atomic mass is 19.1. The van der Waals surface area contributed by atoms with Crippen LogP contribution in [-0.4, -0.2) is 42.4 Å². The van der Waals surface area contributed by atoms with Crippen molar-refractivity contribution in [1.29, 1.82) is 0 Å². The second-order valence-electron chi connectivity index (χ2n) is 7.55. The van der Waals surface area contributed by atoms with Crippen LogP contribution in [0.15, 0.2) is 42.5 Å². The molecule has 2 aromatic carbocycles. The Bertz CT molecular complexity index is 935. The predicted molar refractivity (Wildman–Crippen MR) is 111 cm³/mol. The van der Waals surface area contributed by atoms with E-state index in [1.165, 1.54) is 24.3 Å². The first-order valence-electron chi connectivity index (χ1n) is 9.92. The van der Waals surface area contributed by atoms with Crippen molar-refractivity contribution in [1.82, 2.24) is 4.90 Å². The number of nitrogens with zero attached hydrogens (tertiary/aromatic N) is 1. The van der Waals surface area contributed by atoms with E-state index < -0.39 is 11.8 Å². The van der Waals surface area contributed by atoms with E-state index in [4.69, 9.17) is 4.74 Å². The summed E-state index contributed by atoms with van der Waals surface area (Å²) in [4.78, 5) is 38.5. The van der Waals surface area contributed by atoms with Gasteiger partial charge in [0.1, 0.15) is 5.82 Å². The zero-order valence-electron chi connectivity index (χ0n) is 17.1. The predicted octanol–water partition coefficient (Wildman–Crippen LogP) is 3.48. The molecule has 158 valence electrons. The van der Waals surface area contributed by atoms with Crippen LogP contribution in [0.1, 0.15) is 34.3 Å². The molecule has 1 aliphatic heterocycles. The number of likely N-dealkylation sites (tertiary alicyclic amines) is 1. The number of aryl methyl sites for hydroxylation is 2. The standard InChI is InChI=1S/C23H25FN2O4/c1-15-3-4-16(2)20(13-15)25-21(27)14-30-23(29)18-9-11-26(12-10-18)22(28)17-5-7-19(24)8-6-17/h3-8,13,18H,9-12,14H2,1-2H3,(H,25,27). The van der Waals surface area contributed by atoms with Gasteiger partial charge in [0.2, 0.25) is 0 Å². The molecule has 0 spiro atoms. The minimum Gasteiger partial charge on any atom is -0.455 e. The Morgan fingerprint density at radius 3 is 2.40 bits per heavy atom. The molecule has 0 aliphatic carbocycles. The molecule has 1 heterocycles. The van der Waals surface area contributed by atoms with Crippen molar-refractivity contribution < 1.29 is 23.5 Å². The third kappa shape index (κ3) is 5.43. The van der Waals surface area contributed by atoms with Crippen LogP contribution in [0.2, 0.25) is 0 Å². The molecule has 2 amide bonds. The van der Waals surface area contributed by atoms with Gasteiger partial charge in [0.25, 0.3) is 11.8 Å². The molecule has 0 unspecified atom stereocenters. The number of nitrogens with one attached hydrogen (secondary N) is 1. The summed E-state index contributed by atoms with van der Waals surface area (Å²) in [5, 5.41) is 2.76.